The van der Waals surface area contributed by atoms with Gasteiger partial charge in [0.1, 0.15) is 5.75 Å². The van der Waals surface area contributed by atoms with Crippen molar-refractivity contribution >= 4 is 16.9 Å². The van der Waals surface area contributed by atoms with Crippen LogP contribution in [0.25, 0.3) is 10.9 Å². The number of fused-ring (bicyclic) bond motifs is 3. The first-order valence-corrected chi connectivity index (χ1v) is 8.64. The molecule has 1 heterocycles. The minimum absolute atomic E-state index is 0.435. The topological polar surface area (TPSA) is 51.5 Å². The SMILES string of the molecule is COc1ccc2c(c1)c1c(n2Cc2ccccc2)CCCC1C(=O)O. The molecule has 0 spiro atoms. The minimum atomic E-state index is -0.734. The molecule has 0 saturated carbocycles. The lowest BCUT2D eigenvalue weighted by Crippen LogP contribution is -2.19. The van der Waals surface area contributed by atoms with Crippen molar-refractivity contribution in [3.05, 3.63) is 65.4 Å². The van der Waals surface area contributed by atoms with Gasteiger partial charge >= 0.3 is 5.97 Å². The lowest BCUT2D eigenvalue weighted by molar-refractivity contribution is -0.139. The lowest BCUT2D eigenvalue weighted by Gasteiger charge is -2.21. The van der Waals surface area contributed by atoms with Gasteiger partial charge in [0.25, 0.3) is 0 Å². The number of nitrogens with zero attached hydrogens (tertiary/aromatic N) is 1. The maximum atomic E-state index is 11.8. The van der Waals surface area contributed by atoms with Crippen molar-refractivity contribution in [2.24, 2.45) is 0 Å². The number of hydrogen-bond donors (Lipinski definition) is 1. The van der Waals surface area contributed by atoms with Gasteiger partial charge in [-0.2, -0.15) is 0 Å². The first-order valence-electron chi connectivity index (χ1n) is 8.64. The number of benzene rings is 2. The zero-order valence-electron chi connectivity index (χ0n) is 14.2. The Bertz CT molecular complexity index is 927. The normalized spacial score (nSPS) is 16.6. The van der Waals surface area contributed by atoms with E-state index in [0.29, 0.717) is 6.42 Å². The molecule has 2 aromatic carbocycles. The molecular weight excluding hydrogens is 314 g/mol. The third kappa shape index (κ3) is 2.68. The Labute approximate surface area is 146 Å². The molecule has 3 aromatic rings. The molecule has 1 aliphatic carbocycles. The first kappa shape index (κ1) is 15.8. The molecule has 1 N–H and O–H groups in total. The van der Waals surface area contributed by atoms with Crippen LogP contribution in [0.15, 0.2) is 48.5 Å². The molecule has 1 unspecified atom stereocenters. The number of carbonyl (C=O) groups is 1. The van der Waals surface area contributed by atoms with Crippen LogP contribution in [0.4, 0.5) is 0 Å². The number of hydrogen-bond acceptors (Lipinski definition) is 2. The number of carboxylic acids is 1. The van der Waals surface area contributed by atoms with Crippen molar-refractivity contribution in [2.45, 2.75) is 31.7 Å². The van der Waals surface area contributed by atoms with Crippen LogP contribution in [-0.4, -0.2) is 22.8 Å². The highest BCUT2D eigenvalue weighted by Gasteiger charge is 2.32. The van der Waals surface area contributed by atoms with E-state index in [4.69, 9.17) is 4.74 Å². The number of carboxylic acid groups (broad SMARTS) is 1. The zero-order valence-corrected chi connectivity index (χ0v) is 14.2. The summed E-state index contributed by atoms with van der Waals surface area (Å²) < 4.78 is 7.67. The van der Waals surface area contributed by atoms with Crippen molar-refractivity contribution in [1.29, 1.82) is 0 Å². The highest BCUT2D eigenvalue weighted by molar-refractivity contribution is 5.92. The number of aliphatic carboxylic acids is 1. The van der Waals surface area contributed by atoms with Crippen LogP contribution in [-0.2, 0) is 17.8 Å². The molecule has 0 fully saturated rings. The van der Waals surface area contributed by atoms with Crippen molar-refractivity contribution in [3.63, 3.8) is 0 Å². The third-order valence-electron chi connectivity index (χ3n) is 5.16. The second-order valence-electron chi connectivity index (χ2n) is 6.60. The molecular formula is C21H21NO3. The summed E-state index contributed by atoms with van der Waals surface area (Å²) in [6.45, 7) is 0.755. The van der Waals surface area contributed by atoms with E-state index in [1.807, 2.05) is 36.4 Å². The van der Waals surface area contributed by atoms with E-state index in [2.05, 4.69) is 16.7 Å². The summed E-state index contributed by atoms with van der Waals surface area (Å²) >= 11 is 0. The second-order valence-corrected chi connectivity index (χ2v) is 6.60. The van der Waals surface area contributed by atoms with Crippen LogP contribution in [0.1, 0.15) is 35.6 Å². The molecule has 0 saturated heterocycles. The highest BCUT2D eigenvalue weighted by atomic mass is 16.5. The first-order chi connectivity index (χ1) is 12.2. The van der Waals surface area contributed by atoms with Gasteiger partial charge in [0, 0.05) is 23.1 Å². The van der Waals surface area contributed by atoms with E-state index >= 15 is 0 Å². The fourth-order valence-electron chi connectivity index (χ4n) is 4.01. The van der Waals surface area contributed by atoms with E-state index in [-0.39, 0.29) is 0 Å². The number of rotatable bonds is 4. The summed E-state index contributed by atoms with van der Waals surface area (Å²) in [7, 11) is 1.64. The van der Waals surface area contributed by atoms with Gasteiger partial charge in [-0.3, -0.25) is 4.79 Å². The average molecular weight is 335 g/mol. The van der Waals surface area contributed by atoms with Crippen LogP contribution in [0.5, 0.6) is 5.75 Å². The Hall–Kier alpha value is -2.75. The minimum Gasteiger partial charge on any atom is -0.497 e. The van der Waals surface area contributed by atoms with Crippen molar-refractivity contribution in [3.8, 4) is 5.75 Å². The molecule has 25 heavy (non-hydrogen) atoms. The molecule has 1 atom stereocenters. The van der Waals surface area contributed by atoms with Gasteiger partial charge in [-0.05, 0) is 48.6 Å². The number of aromatic nitrogens is 1. The predicted octanol–water partition coefficient (Wildman–Crippen LogP) is 4.20. The Morgan fingerprint density at radius 2 is 2.04 bits per heavy atom. The lowest BCUT2D eigenvalue weighted by atomic mass is 9.85. The molecule has 4 nitrogen and oxygen atoms in total. The molecule has 0 amide bonds. The van der Waals surface area contributed by atoms with E-state index in [1.165, 1.54) is 5.56 Å². The summed E-state index contributed by atoms with van der Waals surface area (Å²) in [5.41, 5.74) is 4.44. The summed E-state index contributed by atoms with van der Waals surface area (Å²) in [5, 5.41) is 10.7. The monoisotopic (exact) mass is 335 g/mol. The second kappa shape index (κ2) is 6.28. The summed E-state index contributed by atoms with van der Waals surface area (Å²) in [5.74, 6) is -0.403. The van der Waals surface area contributed by atoms with Gasteiger partial charge in [-0.15, -0.1) is 0 Å². The van der Waals surface area contributed by atoms with Crippen LogP contribution >= 0.6 is 0 Å². The van der Waals surface area contributed by atoms with Gasteiger partial charge in [-0.1, -0.05) is 30.3 Å². The van der Waals surface area contributed by atoms with Crippen LogP contribution in [0, 0.1) is 0 Å². The molecule has 0 aliphatic heterocycles. The summed E-state index contributed by atoms with van der Waals surface area (Å²) in [6, 6.07) is 16.3. The third-order valence-corrected chi connectivity index (χ3v) is 5.16. The maximum Gasteiger partial charge on any atom is 0.311 e. The molecule has 128 valence electrons. The zero-order chi connectivity index (χ0) is 17.4. The highest BCUT2D eigenvalue weighted by Crippen LogP contribution is 2.40. The summed E-state index contributed by atoms with van der Waals surface area (Å²) in [4.78, 5) is 11.8. The van der Waals surface area contributed by atoms with Crippen LogP contribution < -0.4 is 4.74 Å². The van der Waals surface area contributed by atoms with Gasteiger partial charge in [0.2, 0.25) is 0 Å². The van der Waals surface area contributed by atoms with Crippen LogP contribution in [0.2, 0.25) is 0 Å². The molecule has 1 aliphatic rings. The van der Waals surface area contributed by atoms with Gasteiger partial charge in [0.05, 0.1) is 13.0 Å². The smallest absolute Gasteiger partial charge is 0.311 e. The Morgan fingerprint density at radius 1 is 1.24 bits per heavy atom. The van der Waals surface area contributed by atoms with Gasteiger partial charge in [0.15, 0.2) is 0 Å². The van der Waals surface area contributed by atoms with Crippen LogP contribution in [0.3, 0.4) is 0 Å². The molecule has 4 heteroatoms. The number of ether oxygens (including phenoxy) is 1. The van der Waals surface area contributed by atoms with Crippen molar-refractivity contribution in [1.82, 2.24) is 4.57 Å². The van der Waals surface area contributed by atoms with Gasteiger partial charge < -0.3 is 14.4 Å². The Balaban J connectivity index is 1.95. The molecule has 0 bridgehead atoms. The van der Waals surface area contributed by atoms with E-state index in [9.17, 15) is 9.90 Å². The Morgan fingerprint density at radius 3 is 2.76 bits per heavy atom. The Kier molecular flexibility index (Phi) is 3.96. The van der Waals surface area contributed by atoms with Crippen molar-refractivity contribution in [2.75, 3.05) is 7.11 Å². The standard InChI is InChI=1S/C21H21NO3/c1-25-15-10-11-18-17(12-15)20-16(21(23)24)8-5-9-19(20)22(18)13-14-6-3-2-4-7-14/h2-4,6-7,10-12,16H,5,8-9,13H2,1H3,(H,23,24). The van der Waals surface area contributed by atoms with Crippen molar-refractivity contribution < 1.29 is 14.6 Å². The molecule has 1 aromatic heterocycles. The molecule has 0 radical (unpaired) electrons. The largest absolute Gasteiger partial charge is 0.497 e. The maximum absolute atomic E-state index is 11.8. The fourth-order valence-corrected chi connectivity index (χ4v) is 4.01. The predicted molar refractivity (Wildman–Crippen MR) is 97.3 cm³/mol. The van der Waals surface area contributed by atoms with E-state index in [1.54, 1.807) is 7.11 Å². The average Bonchev–Trinajstić information content (AvgIpc) is 2.95. The molecule has 4 rings (SSSR count). The quantitative estimate of drug-likeness (QED) is 0.777. The number of methoxy groups -OCH3 is 1. The van der Waals surface area contributed by atoms with E-state index < -0.39 is 11.9 Å². The van der Waals surface area contributed by atoms with Gasteiger partial charge in [-0.25, -0.2) is 0 Å². The van der Waals surface area contributed by atoms with E-state index in [0.717, 1.165) is 47.3 Å². The summed E-state index contributed by atoms with van der Waals surface area (Å²) in [6.07, 6.45) is 2.53. The fraction of sp³-hybridized carbons (Fsp3) is 0.286.